The lowest BCUT2D eigenvalue weighted by Crippen LogP contribution is -2.60. The van der Waals surface area contributed by atoms with Crippen molar-refractivity contribution in [1.82, 2.24) is 42.5 Å². The Balaban J connectivity index is 6.05. The van der Waals surface area contributed by atoms with Gasteiger partial charge in [-0.2, -0.15) is 0 Å². The van der Waals surface area contributed by atoms with Crippen LogP contribution in [0.3, 0.4) is 0 Å². The molecule has 0 saturated heterocycles. The summed E-state index contributed by atoms with van der Waals surface area (Å²) in [5.41, 5.74) is 10.4. The zero-order chi connectivity index (χ0) is 48.0. The van der Waals surface area contributed by atoms with Gasteiger partial charge in [-0.1, -0.05) is 41.5 Å². The number of amides is 9. The summed E-state index contributed by atoms with van der Waals surface area (Å²) in [6, 6.07) is -10.7. The van der Waals surface area contributed by atoms with E-state index in [4.69, 9.17) is 16.6 Å². The van der Waals surface area contributed by atoms with Crippen molar-refractivity contribution >= 4 is 71.1 Å². The van der Waals surface area contributed by atoms with E-state index in [9.17, 15) is 67.7 Å². The van der Waals surface area contributed by atoms with Gasteiger partial charge in [0.1, 0.15) is 42.3 Å². The van der Waals surface area contributed by atoms with Gasteiger partial charge in [0, 0.05) is 0 Å². The van der Waals surface area contributed by atoms with Gasteiger partial charge in [0.15, 0.2) is 0 Å². The Morgan fingerprint density at radius 1 is 0.435 bits per heavy atom. The van der Waals surface area contributed by atoms with Gasteiger partial charge in [-0.05, 0) is 43.9 Å². The fourth-order valence-corrected chi connectivity index (χ4v) is 5.56. The molecule has 7 atom stereocenters. The van der Waals surface area contributed by atoms with Crippen molar-refractivity contribution in [1.29, 1.82) is 0 Å². The summed E-state index contributed by atoms with van der Waals surface area (Å²) in [5.74, 6) is -14.1. The normalized spacial score (nSPS) is 14.4. The molecule has 350 valence electrons. The maximum atomic E-state index is 13.6. The Labute approximate surface area is 357 Å². The molecular weight excluding hydrogens is 824 g/mol. The number of carboxylic acid groups (broad SMARTS) is 3. The van der Waals surface area contributed by atoms with E-state index in [2.05, 4.69) is 42.5 Å². The van der Waals surface area contributed by atoms with Crippen LogP contribution >= 0.6 is 0 Å². The van der Waals surface area contributed by atoms with Crippen LogP contribution in [-0.4, -0.2) is 142 Å². The highest BCUT2D eigenvalue weighted by molar-refractivity contribution is 5.99. The number of carbonyl (C=O) groups excluding carboxylic acids is 9. The second-order valence-electron chi connectivity index (χ2n) is 15.7. The number of rotatable bonds is 29. The molecular formula is C37H62N10O15. The minimum absolute atomic E-state index is 0.0471. The molecule has 0 aromatic rings. The van der Waals surface area contributed by atoms with Crippen LogP contribution in [-0.2, 0) is 57.5 Å². The van der Waals surface area contributed by atoms with Crippen LogP contribution in [0, 0.1) is 17.8 Å². The molecule has 0 aliphatic rings. The molecule has 0 saturated carbocycles. The first-order chi connectivity index (χ1) is 28.7. The van der Waals surface area contributed by atoms with Crippen molar-refractivity contribution in [3.63, 3.8) is 0 Å². The Morgan fingerprint density at radius 2 is 0.774 bits per heavy atom. The number of hydrogen-bond donors (Lipinski definition) is 13. The Morgan fingerprint density at radius 3 is 1.16 bits per heavy atom. The largest absolute Gasteiger partial charge is 0.481 e. The maximum absolute atomic E-state index is 13.6. The summed E-state index contributed by atoms with van der Waals surface area (Å²) in [6.07, 6.45) is -2.66. The molecule has 0 aromatic carbocycles. The second kappa shape index (κ2) is 27.4. The third-order valence-corrected chi connectivity index (χ3v) is 8.46. The van der Waals surface area contributed by atoms with Crippen LogP contribution < -0.4 is 54.0 Å². The molecule has 25 heteroatoms. The molecule has 0 aromatic heterocycles. The zero-order valence-corrected chi connectivity index (χ0v) is 35.8. The van der Waals surface area contributed by atoms with Crippen molar-refractivity contribution in [3.8, 4) is 0 Å². The molecule has 0 bridgehead atoms. The van der Waals surface area contributed by atoms with Gasteiger partial charge in [0.25, 0.3) is 0 Å². The fraction of sp³-hybridized carbons (Fsp3) is 0.676. The number of carboxylic acids is 3. The molecule has 9 amide bonds. The minimum Gasteiger partial charge on any atom is -0.481 e. The van der Waals surface area contributed by atoms with Gasteiger partial charge in [-0.25, -0.2) is 4.79 Å². The molecule has 0 rings (SSSR count). The lowest BCUT2D eigenvalue weighted by atomic mass is 9.98. The van der Waals surface area contributed by atoms with Gasteiger partial charge in [-0.3, -0.25) is 52.7 Å². The molecule has 0 radical (unpaired) electrons. The van der Waals surface area contributed by atoms with Crippen LogP contribution in [0.4, 0.5) is 0 Å². The van der Waals surface area contributed by atoms with Crippen molar-refractivity contribution < 1.29 is 72.9 Å². The SMILES string of the molecule is CC(C)C[C@H](NC(=O)[C@H](CC(C)C)NC(=O)[C@H](CC(C)C)NC(=O)[C@H](CC(=O)O)NC(=O)[C@H](CC(N)=O)NC(=O)CNC(=O)[C@H](C)NC(=O)[C@H](CC(=O)O)NC(=O)CN)C(=O)O. The minimum atomic E-state index is -1.92. The van der Waals surface area contributed by atoms with E-state index in [1.807, 2.05) is 0 Å². The molecule has 0 unspecified atom stereocenters. The van der Waals surface area contributed by atoms with E-state index in [1.54, 1.807) is 41.5 Å². The lowest BCUT2D eigenvalue weighted by Gasteiger charge is -2.28. The summed E-state index contributed by atoms with van der Waals surface area (Å²) in [4.78, 5) is 150. The van der Waals surface area contributed by atoms with Gasteiger partial charge in [0.2, 0.25) is 53.2 Å². The standard InChI is InChI=1S/C37H62N10O15/c1-16(2)8-20(33(57)44-21(9-17(3)4)34(58)47-25(37(61)62)10-18(5)6)45-36(60)24(13-30(53)54)46-35(59)22(11-26(39)48)43-28(50)15-40-31(55)19(7)41-32(56)23(12-29(51)52)42-27(49)14-38/h16-25H,8-15,38H2,1-7H3,(H2,39,48)(H,40,55)(H,41,56)(H,42,49)(H,43,50)(H,44,57)(H,45,60)(H,46,59)(H,47,58)(H,51,52)(H,53,54)(H,61,62)/t19-,20-,21-,22-,23-,24-,25-/m0/s1. The number of nitrogens with two attached hydrogens (primary N) is 2. The van der Waals surface area contributed by atoms with Crippen LogP contribution in [0.1, 0.15) is 87.0 Å². The third kappa shape index (κ3) is 22.8. The first kappa shape index (κ1) is 55.6. The predicted molar refractivity (Wildman–Crippen MR) is 216 cm³/mol. The average Bonchev–Trinajstić information content (AvgIpc) is 3.13. The fourth-order valence-electron chi connectivity index (χ4n) is 5.56. The number of aliphatic carboxylic acids is 3. The highest BCUT2D eigenvalue weighted by Gasteiger charge is 2.35. The summed E-state index contributed by atoms with van der Waals surface area (Å²) in [5, 5.41) is 46.2. The monoisotopic (exact) mass is 886 g/mol. The highest BCUT2D eigenvalue weighted by Crippen LogP contribution is 2.12. The molecule has 0 aliphatic heterocycles. The maximum Gasteiger partial charge on any atom is 0.326 e. The Kier molecular flexibility index (Phi) is 24.6. The van der Waals surface area contributed by atoms with Crippen molar-refractivity contribution in [2.75, 3.05) is 13.1 Å². The Bertz CT molecular complexity index is 1650. The number of primary amides is 1. The number of hydrogen-bond acceptors (Lipinski definition) is 13. The molecule has 25 nitrogen and oxygen atoms in total. The summed E-state index contributed by atoms with van der Waals surface area (Å²) in [6.45, 7) is 10.2. The second-order valence-corrected chi connectivity index (χ2v) is 15.7. The zero-order valence-electron chi connectivity index (χ0n) is 35.8. The molecule has 0 heterocycles. The topological polar surface area (TPSA) is 414 Å². The predicted octanol–water partition coefficient (Wildman–Crippen LogP) is -4.48. The molecule has 0 spiro atoms. The van der Waals surface area contributed by atoms with Crippen molar-refractivity contribution in [2.24, 2.45) is 29.2 Å². The average molecular weight is 887 g/mol. The smallest absolute Gasteiger partial charge is 0.326 e. The number of nitrogens with one attached hydrogen (secondary N) is 8. The highest BCUT2D eigenvalue weighted by atomic mass is 16.4. The molecule has 0 fully saturated rings. The van der Waals surface area contributed by atoms with Gasteiger partial charge in [-0.15, -0.1) is 0 Å². The van der Waals surface area contributed by atoms with E-state index in [0.29, 0.717) is 0 Å². The van der Waals surface area contributed by atoms with E-state index in [1.165, 1.54) is 0 Å². The first-order valence-corrected chi connectivity index (χ1v) is 19.7. The summed E-state index contributed by atoms with van der Waals surface area (Å²) in [7, 11) is 0. The van der Waals surface area contributed by atoms with E-state index in [-0.39, 0.29) is 37.0 Å². The van der Waals surface area contributed by atoms with Crippen LogP contribution in [0.15, 0.2) is 0 Å². The van der Waals surface area contributed by atoms with Gasteiger partial charge >= 0.3 is 17.9 Å². The molecule has 15 N–H and O–H groups in total. The van der Waals surface area contributed by atoms with Crippen LogP contribution in [0.5, 0.6) is 0 Å². The van der Waals surface area contributed by atoms with Gasteiger partial charge < -0.3 is 69.3 Å². The Hall–Kier alpha value is -6.40. The van der Waals surface area contributed by atoms with Crippen molar-refractivity contribution in [3.05, 3.63) is 0 Å². The quantitative estimate of drug-likeness (QED) is 0.0337. The van der Waals surface area contributed by atoms with Crippen LogP contribution in [0.25, 0.3) is 0 Å². The van der Waals surface area contributed by atoms with Gasteiger partial charge in [0.05, 0.1) is 32.4 Å². The molecule has 0 aliphatic carbocycles. The first-order valence-electron chi connectivity index (χ1n) is 19.7. The van der Waals surface area contributed by atoms with Crippen LogP contribution in [0.2, 0.25) is 0 Å². The third-order valence-electron chi connectivity index (χ3n) is 8.46. The van der Waals surface area contributed by atoms with E-state index >= 15 is 0 Å². The lowest BCUT2D eigenvalue weighted by molar-refractivity contribution is -0.143. The van der Waals surface area contributed by atoms with Crippen molar-refractivity contribution in [2.45, 2.75) is 129 Å². The molecule has 62 heavy (non-hydrogen) atoms. The van der Waals surface area contributed by atoms with E-state index in [0.717, 1.165) is 6.92 Å². The number of carbonyl (C=O) groups is 12. The summed E-state index contributed by atoms with van der Waals surface area (Å²) < 4.78 is 0. The summed E-state index contributed by atoms with van der Waals surface area (Å²) >= 11 is 0. The van der Waals surface area contributed by atoms with E-state index < -0.39 is 146 Å².